The number of esters is 2. The van der Waals surface area contributed by atoms with Gasteiger partial charge in [-0.05, 0) is 38.5 Å². The largest absolute Gasteiger partial charge is 0.756 e. The first-order valence-electron chi connectivity index (χ1n) is 26.9. The molecule has 2 unspecified atom stereocenters. The van der Waals surface area contributed by atoms with Crippen LogP contribution < -0.4 is 4.89 Å². The third kappa shape index (κ3) is 50.0. The molecule has 10 heteroatoms. The number of rotatable bonds is 50. The average molecular weight is 914 g/mol. The average Bonchev–Trinajstić information content (AvgIpc) is 3.24. The Morgan fingerprint density at radius 1 is 0.476 bits per heavy atom. The SMILES string of the molecule is CCCCCCCCCC/C=C\CCCCCCCCCCCCCCCCCCCCCCCC(=O)OC(COC(=O)CCCCCCCC)COP(=O)([O-])OCC[N+](C)(C)C. The minimum Gasteiger partial charge on any atom is -0.756 e. The van der Waals surface area contributed by atoms with Gasteiger partial charge in [0.05, 0.1) is 27.7 Å². The molecule has 0 bridgehead atoms. The number of quaternary nitrogens is 1. The molecule has 2 atom stereocenters. The topological polar surface area (TPSA) is 111 Å². The molecule has 0 aliphatic rings. The monoisotopic (exact) mass is 914 g/mol. The highest BCUT2D eigenvalue weighted by atomic mass is 31.2. The highest BCUT2D eigenvalue weighted by Gasteiger charge is 2.21. The van der Waals surface area contributed by atoms with Crippen molar-refractivity contribution in [3.05, 3.63) is 12.2 Å². The number of likely N-dealkylation sites (N-methyl/N-ethyl adjacent to an activating group) is 1. The van der Waals surface area contributed by atoms with Crippen molar-refractivity contribution < 1.29 is 42.1 Å². The van der Waals surface area contributed by atoms with Crippen LogP contribution in [-0.2, 0) is 32.7 Å². The smallest absolute Gasteiger partial charge is 0.306 e. The van der Waals surface area contributed by atoms with Crippen LogP contribution in [0.5, 0.6) is 0 Å². The summed E-state index contributed by atoms with van der Waals surface area (Å²) in [5.41, 5.74) is 0. The van der Waals surface area contributed by atoms with E-state index in [0.29, 0.717) is 17.4 Å². The Hall–Kier alpha value is -1.25. The molecule has 9 nitrogen and oxygen atoms in total. The molecule has 0 spiro atoms. The number of nitrogens with zero attached hydrogens (tertiary/aromatic N) is 1. The van der Waals surface area contributed by atoms with Crippen LogP contribution >= 0.6 is 7.82 Å². The minimum absolute atomic E-state index is 0.0270. The van der Waals surface area contributed by atoms with Crippen molar-refractivity contribution in [2.75, 3.05) is 47.5 Å². The van der Waals surface area contributed by atoms with E-state index in [9.17, 15) is 19.0 Å². The highest BCUT2D eigenvalue weighted by Crippen LogP contribution is 2.38. The third-order valence-electron chi connectivity index (χ3n) is 12.0. The van der Waals surface area contributed by atoms with E-state index in [4.69, 9.17) is 18.5 Å². The van der Waals surface area contributed by atoms with Gasteiger partial charge < -0.3 is 27.9 Å². The van der Waals surface area contributed by atoms with Gasteiger partial charge in [-0.25, -0.2) is 0 Å². The van der Waals surface area contributed by atoms with Gasteiger partial charge >= 0.3 is 11.9 Å². The van der Waals surface area contributed by atoms with E-state index in [-0.39, 0.29) is 32.0 Å². The summed E-state index contributed by atoms with van der Waals surface area (Å²) < 4.78 is 33.8. The molecule has 0 saturated heterocycles. The molecule has 0 heterocycles. The fourth-order valence-corrected chi connectivity index (χ4v) is 8.56. The lowest BCUT2D eigenvalue weighted by molar-refractivity contribution is -0.870. The number of ether oxygens (including phenoxy) is 2. The number of allylic oxidation sites excluding steroid dienone is 2. The number of hydrogen-bond donors (Lipinski definition) is 0. The fourth-order valence-electron chi connectivity index (χ4n) is 7.83. The molecule has 0 fully saturated rings. The molecule has 0 saturated carbocycles. The van der Waals surface area contributed by atoms with Crippen molar-refractivity contribution in [1.82, 2.24) is 0 Å². The summed E-state index contributed by atoms with van der Waals surface area (Å²) in [6.07, 6.45) is 51.8. The molecular formula is C53H104NO8P. The summed E-state index contributed by atoms with van der Waals surface area (Å²) in [6.45, 7) is 4.19. The lowest BCUT2D eigenvalue weighted by Gasteiger charge is -2.28. The Morgan fingerprint density at radius 3 is 1.17 bits per heavy atom. The van der Waals surface area contributed by atoms with E-state index in [1.807, 2.05) is 21.1 Å². The molecule has 0 rings (SSSR count). The summed E-state index contributed by atoms with van der Waals surface area (Å²) in [6, 6.07) is 0. The zero-order chi connectivity index (χ0) is 46.4. The van der Waals surface area contributed by atoms with Crippen LogP contribution in [0.25, 0.3) is 0 Å². The second kappa shape index (κ2) is 45.9. The number of hydrogen-bond acceptors (Lipinski definition) is 8. The first kappa shape index (κ1) is 61.8. The maximum absolute atomic E-state index is 12.7. The van der Waals surface area contributed by atoms with E-state index in [1.165, 1.54) is 193 Å². The molecular weight excluding hydrogens is 810 g/mol. The Kier molecular flexibility index (Phi) is 45.0. The van der Waals surface area contributed by atoms with Crippen LogP contribution in [0.4, 0.5) is 0 Å². The predicted octanol–water partition coefficient (Wildman–Crippen LogP) is 15.5. The molecule has 0 aliphatic carbocycles. The van der Waals surface area contributed by atoms with Crippen molar-refractivity contribution in [1.29, 1.82) is 0 Å². The van der Waals surface area contributed by atoms with E-state index in [0.717, 1.165) is 38.5 Å². The molecule has 0 aromatic rings. The Bertz CT molecular complexity index is 1080. The van der Waals surface area contributed by atoms with Gasteiger partial charge in [0, 0.05) is 12.8 Å². The Balaban J connectivity index is 3.82. The van der Waals surface area contributed by atoms with Gasteiger partial charge in [-0.2, -0.15) is 0 Å². The van der Waals surface area contributed by atoms with Crippen LogP contribution in [0, 0.1) is 0 Å². The Morgan fingerprint density at radius 2 is 0.810 bits per heavy atom. The summed E-state index contributed by atoms with van der Waals surface area (Å²) in [7, 11) is 1.18. The highest BCUT2D eigenvalue weighted by molar-refractivity contribution is 7.45. The molecule has 0 radical (unpaired) electrons. The molecule has 0 aliphatic heterocycles. The first-order chi connectivity index (χ1) is 30.5. The molecule has 63 heavy (non-hydrogen) atoms. The zero-order valence-electron chi connectivity index (χ0n) is 42.3. The van der Waals surface area contributed by atoms with Crippen LogP contribution in [0.15, 0.2) is 12.2 Å². The van der Waals surface area contributed by atoms with Gasteiger partial charge in [0.15, 0.2) is 6.10 Å². The van der Waals surface area contributed by atoms with Gasteiger partial charge in [-0.3, -0.25) is 14.2 Å². The number of carbonyl (C=O) groups excluding carboxylic acids is 2. The van der Waals surface area contributed by atoms with E-state index in [2.05, 4.69) is 26.0 Å². The molecule has 0 N–H and O–H groups in total. The molecule has 0 amide bonds. The molecule has 0 aromatic carbocycles. The quantitative estimate of drug-likeness (QED) is 0.0195. The predicted molar refractivity (Wildman–Crippen MR) is 264 cm³/mol. The summed E-state index contributed by atoms with van der Waals surface area (Å²) in [5, 5.41) is 0. The lowest BCUT2D eigenvalue weighted by Crippen LogP contribution is -2.37. The van der Waals surface area contributed by atoms with Gasteiger partial charge in [-0.1, -0.05) is 225 Å². The number of phosphoric ester groups is 1. The summed E-state index contributed by atoms with van der Waals surface area (Å²) in [5.74, 6) is -0.831. The second-order valence-corrected chi connectivity index (χ2v) is 21.0. The Labute approximate surface area is 390 Å². The van der Waals surface area contributed by atoms with Gasteiger partial charge in [-0.15, -0.1) is 0 Å². The lowest BCUT2D eigenvalue weighted by atomic mass is 10.0. The number of carbonyl (C=O) groups is 2. The van der Waals surface area contributed by atoms with E-state index < -0.39 is 26.5 Å². The van der Waals surface area contributed by atoms with Crippen molar-refractivity contribution in [2.45, 2.75) is 270 Å². The normalized spacial score (nSPS) is 13.4. The van der Waals surface area contributed by atoms with Crippen molar-refractivity contribution in [2.24, 2.45) is 0 Å². The van der Waals surface area contributed by atoms with Crippen molar-refractivity contribution >= 4 is 19.8 Å². The minimum atomic E-state index is -4.61. The van der Waals surface area contributed by atoms with Crippen molar-refractivity contribution in [3.8, 4) is 0 Å². The standard InChI is InChI=1S/C53H104NO8P/c1-6-8-10-12-14-15-16-17-18-19-20-21-22-23-24-25-26-27-28-29-30-31-32-33-34-35-36-37-38-39-40-42-44-46-53(56)62-51(49-59-52(55)45-43-41-13-11-9-7-2)50-61-63(57,58)60-48-47-54(3,4)5/h19-20,51H,6-18,21-50H2,1-5H3/b20-19-. The third-order valence-corrected chi connectivity index (χ3v) is 13.0. The maximum atomic E-state index is 12.7. The first-order valence-corrected chi connectivity index (χ1v) is 28.4. The van der Waals surface area contributed by atoms with Gasteiger partial charge in [0.1, 0.15) is 19.8 Å². The van der Waals surface area contributed by atoms with Crippen LogP contribution in [0.1, 0.15) is 264 Å². The zero-order valence-corrected chi connectivity index (χ0v) is 43.2. The second-order valence-electron chi connectivity index (χ2n) is 19.6. The van der Waals surface area contributed by atoms with Gasteiger partial charge in [0.25, 0.3) is 7.82 Å². The fraction of sp³-hybridized carbons (Fsp3) is 0.925. The van der Waals surface area contributed by atoms with Crippen LogP contribution in [0.2, 0.25) is 0 Å². The number of phosphoric acid groups is 1. The van der Waals surface area contributed by atoms with Gasteiger partial charge in [0.2, 0.25) is 0 Å². The van der Waals surface area contributed by atoms with E-state index in [1.54, 1.807) is 0 Å². The molecule has 374 valence electrons. The van der Waals surface area contributed by atoms with Crippen LogP contribution in [-0.4, -0.2) is 70.0 Å². The van der Waals surface area contributed by atoms with Crippen molar-refractivity contribution in [3.63, 3.8) is 0 Å². The summed E-state index contributed by atoms with van der Waals surface area (Å²) in [4.78, 5) is 37.4. The summed E-state index contributed by atoms with van der Waals surface area (Å²) >= 11 is 0. The molecule has 0 aromatic heterocycles. The van der Waals surface area contributed by atoms with E-state index >= 15 is 0 Å². The number of unbranched alkanes of at least 4 members (excludes halogenated alkanes) is 34. The maximum Gasteiger partial charge on any atom is 0.306 e. The van der Waals surface area contributed by atoms with Crippen LogP contribution in [0.3, 0.4) is 0 Å².